The summed E-state index contributed by atoms with van der Waals surface area (Å²) in [5.41, 5.74) is 1.94. The topological polar surface area (TPSA) is 72.5 Å². The molecule has 1 aliphatic rings. The van der Waals surface area contributed by atoms with Crippen molar-refractivity contribution in [3.8, 4) is 0 Å². The lowest BCUT2D eigenvalue weighted by molar-refractivity contribution is -0.116. The first-order valence-electron chi connectivity index (χ1n) is 6.27. The molecule has 1 N–H and O–H groups in total. The highest BCUT2D eigenvalue weighted by Crippen LogP contribution is 2.25. The molecule has 0 saturated carbocycles. The molecule has 0 bridgehead atoms. The first kappa shape index (κ1) is 15.1. The van der Waals surface area contributed by atoms with Gasteiger partial charge >= 0.3 is 6.09 Å². The van der Waals surface area contributed by atoms with E-state index in [1.165, 1.54) is 0 Å². The third-order valence-electron chi connectivity index (χ3n) is 3.23. The Hall–Kier alpha value is -1.91. The number of allylic oxidation sites excluding steroid dienone is 3. The molecule has 0 unspecified atom stereocenters. The van der Waals surface area contributed by atoms with Gasteiger partial charge in [0.2, 0.25) is 0 Å². The van der Waals surface area contributed by atoms with Crippen molar-refractivity contribution in [2.45, 2.75) is 34.1 Å². The summed E-state index contributed by atoms with van der Waals surface area (Å²) < 4.78 is 4.72. The quantitative estimate of drug-likeness (QED) is 0.788. The Kier molecular flexibility index (Phi) is 5.03. The van der Waals surface area contributed by atoms with Gasteiger partial charge in [0.05, 0.1) is 6.61 Å². The van der Waals surface area contributed by atoms with Crippen LogP contribution in [0.5, 0.6) is 0 Å². The summed E-state index contributed by atoms with van der Waals surface area (Å²) in [4.78, 5) is 35.1. The maximum Gasteiger partial charge on any atom is 0.407 e. The van der Waals surface area contributed by atoms with Gasteiger partial charge in [0.15, 0.2) is 11.6 Å². The molecule has 1 amide bonds. The van der Waals surface area contributed by atoms with Crippen LogP contribution in [0.3, 0.4) is 0 Å². The second-order valence-corrected chi connectivity index (χ2v) is 4.41. The summed E-state index contributed by atoms with van der Waals surface area (Å²) in [5.74, 6) is -0.205. The van der Waals surface area contributed by atoms with E-state index in [9.17, 15) is 14.4 Å². The molecule has 0 spiro atoms. The van der Waals surface area contributed by atoms with Crippen LogP contribution in [-0.4, -0.2) is 30.8 Å². The van der Waals surface area contributed by atoms with Gasteiger partial charge < -0.3 is 10.1 Å². The van der Waals surface area contributed by atoms with Crippen LogP contribution in [-0.2, 0) is 14.3 Å². The monoisotopic (exact) mass is 265 g/mol. The van der Waals surface area contributed by atoms with E-state index in [2.05, 4.69) is 5.32 Å². The van der Waals surface area contributed by atoms with Crippen molar-refractivity contribution >= 4 is 17.7 Å². The Balaban J connectivity index is 2.70. The van der Waals surface area contributed by atoms with Crippen LogP contribution in [0.2, 0.25) is 0 Å². The van der Waals surface area contributed by atoms with E-state index in [1.807, 2.05) is 0 Å². The number of hydrogen-bond acceptors (Lipinski definition) is 4. The van der Waals surface area contributed by atoms with E-state index in [4.69, 9.17) is 4.74 Å². The van der Waals surface area contributed by atoms with Crippen molar-refractivity contribution in [3.63, 3.8) is 0 Å². The number of alkyl carbamates (subject to hydrolysis) is 1. The van der Waals surface area contributed by atoms with Crippen LogP contribution < -0.4 is 5.32 Å². The van der Waals surface area contributed by atoms with Gasteiger partial charge in [-0.15, -0.1) is 0 Å². The molecule has 0 heterocycles. The summed E-state index contributed by atoms with van der Waals surface area (Å²) in [5, 5.41) is 2.54. The highest BCUT2D eigenvalue weighted by atomic mass is 16.5. The fourth-order valence-corrected chi connectivity index (χ4v) is 1.93. The standard InChI is InChI=1S/C14H19NO4/c1-5-19-14(18)15-7-6-11-10(4)12(16)8(2)9(3)13(11)17/h5-7H2,1-4H3,(H,15,18). The number of ether oxygens (including phenoxy) is 1. The minimum atomic E-state index is -0.515. The lowest BCUT2D eigenvalue weighted by Crippen LogP contribution is -2.28. The number of Topliss-reactive ketones (excluding diaryl/α,β-unsaturated/α-hetero) is 2. The highest BCUT2D eigenvalue weighted by Gasteiger charge is 2.27. The van der Waals surface area contributed by atoms with Crippen molar-refractivity contribution < 1.29 is 19.1 Å². The Morgan fingerprint density at radius 3 is 2.21 bits per heavy atom. The van der Waals surface area contributed by atoms with Gasteiger partial charge in [-0.2, -0.15) is 0 Å². The molecule has 0 radical (unpaired) electrons. The molecule has 0 aliphatic heterocycles. The molecule has 0 aromatic carbocycles. The summed E-state index contributed by atoms with van der Waals surface area (Å²) in [6, 6.07) is 0. The second-order valence-electron chi connectivity index (χ2n) is 4.41. The van der Waals surface area contributed by atoms with E-state index in [0.717, 1.165) is 0 Å². The minimum Gasteiger partial charge on any atom is -0.450 e. The van der Waals surface area contributed by atoms with E-state index in [0.29, 0.717) is 35.3 Å². The van der Waals surface area contributed by atoms with Crippen LogP contribution in [0.25, 0.3) is 0 Å². The molecule has 19 heavy (non-hydrogen) atoms. The largest absolute Gasteiger partial charge is 0.450 e. The van der Waals surface area contributed by atoms with E-state index in [1.54, 1.807) is 27.7 Å². The fourth-order valence-electron chi connectivity index (χ4n) is 1.93. The molecule has 0 fully saturated rings. The average molecular weight is 265 g/mol. The van der Waals surface area contributed by atoms with Crippen molar-refractivity contribution in [1.29, 1.82) is 0 Å². The Morgan fingerprint density at radius 1 is 1.05 bits per heavy atom. The fraction of sp³-hybridized carbons (Fsp3) is 0.500. The summed E-state index contributed by atoms with van der Waals surface area (Å²) >= 11 is 0. The Morgan fingerprint density at radius 2 is 1.63 bits per heavy atom. The van der Waals surface area contributed by atoms with Gasteiger partial charge in [-0.25, -0.2) is 4.79 Å². The molecule has 1 rings (SSSR count). The Bertz CT molecular complexity index is 486. The van der Waals surface area contributed by atoms with Crippen LogP contribution in [0, 0.1) is 0 Å². The number of hydrogen-bond donors (Lipinski definition) is 1. The van der Waals surface area contributed by atoms with Crippen molar-refractivity contribution in [3.05, 3.63) is 22.3 Å². The number of amides is 1. The molecule has 0 saturated heterocycles. The van der Waals surface area contributed by atoms with Gasteiger partial charge in [-0.1, -0.05) is 0 Å². The number of carbonyl (C=O) groups is 3. The van der Waals surface area contributed by atoms with Crippen molar-refractivity contribution in [2.24, 2.45) is 0 Å². The Labute approximate surface area is 112 Å². The molecular weight excluding hydrogens is 246 g/mol. The maximum atomic E-state index is 12.1. The molecule has 5 heteroatoms. The zero-order valence-electron chi connectivity index (χ0n) is 11.8. The number of carbonyl (C=O) groups excluding carboxylic acids is 3. The molecular formula is C14H19NO4. The van der Waals surface area contributed by atoms with E-state index in [-0.39, 0.29) is 18.1 Å². The predicted octanol–water partition coefficient (Wildman–Crippen LogP) is 1.93. The first-order chi connectivity index (χ1) is 8.90. The minimum absolute atomic E-state index is 0.0942. The van der Waals surface area contributed by atoms with Gasteiger partial charge in [-0.05, 0) is 34.1 Å². The zero-order chi connectivity index (χ0) is 14.6. The van der Waals surface area contributed by atoms with Crippen molar-refractivity contribution in [1.82, 2.24) is 5.32 Å². The normalized spacial score (nSPS) is 16.0. The van der Waals surface area contributed by atoms with Crippen LogP contribution in [0.15, 0.2) is 22.3 Å². The van der Waals surface area contributed by atoms with E-state index >= 15 is 0 Å². The zero-order valence-corrected chi connectivity index (χ0v) is 11.8. The van der Waals surface area contributed by atoms with E-state index < -0.39 is 6.09 Å². The molecule has 0 atom stereocenters. The predicted molar refractivity (Wildman–Crippen MR) is 70.7 cm³/mol. The second kappa shape index (κ2) is 6.31. The van der Waals surface area contributed by atoms with Gasteiger partial charge in [0.25, 0.3) is 0 Å². The smallest absolute Gasteiger partial charge is 0.407 e. The molecule has 0 aromatic rings. The average Bonchev–Trinajstić information content (AvgIpc) is 2.38. The summed E-state index contributed by atoms with van der Waals surface area (Å²) in [6.07, 6.45) is -0.182. The van der Waals surface area contributed by atoms with Gasteiger partial charge in [0, 0.05) is 28.8 Å². The maximum absolute atomic E-state index is 12.1. The van der Waals surface area contributed by atoms with Crippen LogP contribution >= 0.6 is 0 Å². The molecule has 0 aromatic heterocycles. The SMILES string of the molecule is CCOC(=O)NCCC1=C(C)C(=O)C(C)=C(C)C1=O. The van der Waals surface area contributed by atoms with Crippen molar-refractivity contribution in [2.75, 3.05) is 13.2 Å². The number of ketones is 2. The number of nitrogens with one attached hydrogen (secondary N) is 1. The number of rotatable bonds is 4. The summed E-state index contributed by atoms with van der Waals surface area (Å²) in [7, 11) is 0. The third kappa shape index (κ3) is 3.30. The van der Waals surface area contributed by atoms with Gasteiger partial charge in [0.1, 0.15) is 0 Å². The summed E-state index contributed by atoms with van der Waals surface area (Å²) in [6.45, 7) is 7.25. The molecule has 104 valence electrons. The lowest BCUT2D eigenvalue weighted by Gasteiger charge is -2.18. The van der Waals surface area contributed by atoms with Crippen LogP contribution in [0.4, 0.5) is 4.79 Å². The molecule has 5 nitrogen and oxygen atoms in total. The van der Waals surface area contributed by atoms with Crippen LogP contribution in [0.1, 0.15) is 34.1 Å². The highest BCUT2D eigenvalue weighted by molar-refractivity contribution is 6.24. The van der Waals surface area contributed by atoms with Gasteiger partial charge in [-0.3, -0.25) is 9.59 Å². The molecule has 1 aliphatic carbocycles. The first-order valence-corrected chi connectivity index (χ1v) is 6.27. The lowest BCUT2D eigenvalue weighted by atomic mass is 9.84. The third-order valence-corrected chi connectivity index (χ3v) is 3.23.